The van der Waals surface area contributed by atoms with Crippen LogP contribution in [-0.2, 0) is 16.4 Å². The lowest BCUT2D eigenvalue weighted by atomic mass is 10.1. The van der Waals surface area contributed by atoms with Crippen molar-refractivity contribution < 1.29 is 8.42 Å². The van der Waals surface area contributed by atoms with Gasteiger partial charge in [-0.25, -0.2) is 8.42 Å². The Morgan fingerprint density at radius 2 is 2.10 bits per heavy atom. The second-order valence-corrected chi connectivity index (χ2v) is 8.56. The van der Waals surface area contributed by atoms with Crippen LogP contribution in [0.2, 0.25) is 0 Å². The SMILES string of the molecule is CCCCN(Cc1ccccc1Br)C1CCS(=O)(=O)C1. The van der Waals surface area contributed by atoms with Gasteiger partial charge in [0, 0.05) is 17.1 Å². The van der Waals surface area contributed by atoms with Gasteiger partial charge in [-0.15, -0.1) is 0 Å². The first-order chi connectivity index (χ1) is 9.52. The van der Waals surface area contributed by atoms with Crippen molar-refractivity contribution in [3.05, 3.63) is 34.3 Å². The summed E-state index contributed by atoms with van der Waals surface area (Å²) in [6.45, 7) is 3.96. The largest absolute Gasteiger partial charge is 0.295 e. The van der Waals surface area contributed by atoms with E-state index in [-0.39, 0.29) is 6.04 Å². The molecule has 5 heteroatoms. The first-order valence-corrected chi connectivity index (χ1v) is 9.81. The third kappa shape index (κ3) is 4.30. The van der Waals surface area contributed by atoms with Gasteiger partial charge in [0.1, 0.15) is 0 Å². The summed E-state index contributed by atoms with van der Waals surface area (Å²) in [6.07, 6.45) is 3.02. The Labute approximate surface area is 130 Å². The fraction of sp³-hybridized carbons (Fsp3) is 0.600. The van der Waals surface area contributed by atoms with Gasteiger partial charge in [-0.3, -0.25) is 4.90 Å². The van der Waals surface area contributed by atoms with Gasteiger partial charge >= 0.3 is 0 Å². The second-order valence-electron chi connectivity index (χ2n) is 5.47. The van der Waals surface area contributed by atoms with Gasteiger partial charge < -0.3 is 0 Å². The summed E-state index contributed by atoms with van der Waals surface area (Å²) in [7, 11) is -2.82. The lowest BCUT2D eigenvalue weighted by molar-refractivity contribution is 0.200. The molecule has 0 aromatic heterocycles. The summed E-state index contributed by atoms with van der Waals surface area (Å²) in [5.41, 5.74) is 1.23. The van der Waals surface area contributed by atoms with Gasteiger partial charge in [-0.2, -0.15) is 0 Å². The van der Waals surface area contributed by atoms with Crippen LogP contribution in [0.5, 0.6) is 0 Å². The molecule has 0 saturated carbocycles. The fourth-order valence-electron chi connectivity index (χ4n) is 2.66. The Bertz CT molecular complexity index is 545. The van der Waals surface area contributed by atoms with E-state index in [4.69, 9.17) is 0 Å². The van der Waals surface area contributed by atoms with Crippen molar-refractivity contribution >= 4 is 25.8 Å². The minimum atomic E-state index is -2.82. The minimum absolute atomic E-state index is 0.179. The van der Waals surface area contributed by atoms with E-state index in [0.717, 1.165) is 36.8 Å². The Morgan fingerprint density at radius 3 is 2.70 bits per heavy atom. The van der Waals surface area contributed by atoms with Crippen molar-refractivity contribution in [2.75, 3.05) is 18.1 Å². The molecule has 20 heavy (non-hydrogen) atoms. The van der Waals surface area contributed by atoms with E-state index in [1.54, 1.807) is 0 Å². The molecule has 112 valence electrons. The van der Waals surface area contributed by atoms with Crippen LogP contribution in [0.1, 0.15) is 31.7 Å². The van der Waals surface area contributed by atoms with Crippen LogP contribution >= 0.6 is 15.9 Å². The molecule has 2 rings (SSSR count). The van der Waals surface area contributed by atoms with Crippen LogP contribution in [-0.4, -0.2) is 37.4 Å². The van der Waals surface area contributed by atoms with Crippen LogP contribution in [0.15, 0.2) is 28.7 Å². The highest BCUT2D eigenvalue weighted by atomic mass is 79.9. The smallest absolute Gasteiger partial charge is 0.151 e. The van der Waals surface area contributed by atoms with Gasteiger partial charge in [0.2, 0.25) is 0 Å². The van der Waals surface area contributed by atoms with Crippen LogP contribution in [0.25, 0.3) is 0 Å². The summed E-state index contributed by atoms with van der Waals surface area (Å²) in [6, 6.07) is 8.36. The van der Waals surface area contributed by atoms with Crippen LogP contribution in [0.3, 0.4) is 0 Å². The van der Waals surface area contributed by atoms with Gasteiger partial charge in [0.25, 0.3) is 0 Å². The van der Waals surface area contributed by atoms with Gasteiger partial charge in [-0.05, 0) is 31.0 Å². The van der Waals surface area contributed by atoms with Crippen molar-refractivity contribution in [1.29, 1.82) is 0 Å². The fourth-order valence-corrected chi connectivity index (χ4v) is 4.83. The number of hydrogen-bond donors (Lipinski definition) is 0. The monoisotopic (exact) mass is 359 g/mol. The predicted octanol–water partition coefficient (Wildman–Crippen LogP) is 3.24. The Hall–Kier alpha value is -0.390. The van der Waals surface area contributed by atoms with E-state index in [1.807, 2.05) is 18.2 Å². The number of rotatable bonds is 6. The van der Waals surface area contributed by atoms with Gasteiger partial charge in [-0.1, -0.05) is 47.5 Å². The lowest BCUT2D eigenvalue weighted by Crippen LogP contribution is -2.36. The minimum Gasteiger partial charge on any atom is -0.295 e. The lowest BCUT2D eigenvalue weighted by Gasteiger charge is -2.28. The molecule has 3 nitrogen and oxygen atoms in total. The maximum Gasteiger partial charge on any atom is 0.151 e. The van der Waals surface area contributed by atoms with Crippen molar-refractivity contribution in [2.45, 2.75) is 38.8 Å². The van der Waals surface area contributed by atoms with Crippen molar-refractivity contribution in [1.82, 2.24) is 4.90 Å². The summed E-state index contributed by atoms with van der Waals surface area (Å²) in [5.74, 6) is 0.664. The highest BCUT2D eigenvalue weighted by molar-refractivity contribution is 9.10. The summed E-state index contributed by atoms with van der Waals surface area (Å²) in [4.78, 5) is 2.34. The average molecular weight is 360 g/mol. The highest BCUT2D eigenvalue weighted by Crippen LogP contribution is 2.23. The third-order valence-electron chi connectivity index (χ3n) is 3.85. The molecule has 1 aromatic rings. The van der Waals surface area contributed by atoms with Crippen molar-refractivity contribution in [2.24, 2.45) is 0 Å². The molecule has 1 heterocycles. The van der Waals surface area contributed by atoms with E-state index in [1.165, 1.54) is 5.56 Å². The second kappa shape index (κ2) is 7.05. The number of hydrogen-bond acceptors (Lipinski definition) is 3. The van der Waals surface area contributed by atoms with E-state index in [9.17, 15) is 8.42 Å². The molecule has 0 N–H and O–H groups in total. The first-order valence-electron chi connectivity index (χ1n) is 7.19. The predicted molar refractivity (Wildman–Crippen MR) is 86.5 cm³/mol. The average Bonchev–Trinajstić information content (AvgIpc) is 2.77. The molecule has 1 aliphatic rings. The molecule has 0 bridgehead atoms. The van der Waals surface area contributed by atoms with Crippen LogP contribution < -0.4 is 0 Å². The van der Waals surface area contributed by atoms with Gasteiger partial charge in [0.15, 0.2) is 9.84 Å². The van der Waals surface area contributed by atoms with E-state index >= 15 is 0 Å². The molecule has 1 aromatic carbocycles. The highest BCUT2D eigenvalue weighted by Gasteiger charge is 2.32. The molecule has 1 fully saturated rings. The molecule has 1 aliphatic heterocycles. The standard InChI is InChI=1S/C15H22BrNO2S/c1-2-3-9-17(14-8-10-20(18,19)12-14)11-13-6-4-5-7-15(13)16/h4-7,14H,2-3,8-12H2,1H3. The molecular weight excluding hydrogens is 338 g/mol. The molecule has 0 spiro atoms. The van der Waals surface area contributed by atoms with Crippen LogP contribution in [0, 0.1) is 0 Å². The van der Waals surface area contributed by atoms with E-state index in [0.29, 0.717) is 11.5 Å². The maximum atomic E-state index is 11.7. The Kier molecular flexibility index (Phi) is 5.64. The quantitative estimate of drug-likeness (QED) is 0.782. The summed E-state index contributed by atoms with van der Waals surface area (Å²) < 4.78 is 24.5. The molecule has 0 amide bonds. The van der Waals surface area contributed by atoms with Crippen LogP contribution in [0.4, 0.5) is 0 Å². The summed E-state index contributed by atoms with van der Waals surface area (Å²) >= 11 is 3.58. The Morgan fingerprint density at radius 1 is 1.35 bits per heavy atom. The van der Waals surface area contributed by atoms with Crippen molar-refractivity contribution in [3.63, 3.8) is 0 Å². The third-order valence-corrected chi connectivity index (χ3v) is 6.38. The number of nitrogens with zero attached hydrogens (tertiary/aromatic N) is 1. The number of benzene rings is 1. The normalized spacial score (nSPS) is 21.4. The molecule has 1 atom stereocenters. The Balaban J connectivity index is 2.10. The topological polar surface area (TPSA) is 37.4 Å². The molecule has 1 saturated heterocycles. The molecule has 1 unspecified atom stereocenters. The van der Waals surface area contributed by atoms with Crippen molar-refractivity contribution in [3.8, 4) is 0 Å². The zero-order chi connectivity index (χ0) is 14.6. The number of unbranched alkanes of at least 4 members (excludes halogenated alkanes) is 1. The zero-order valence-corrected chi connectivity index (χ0v) is 14.3. The van der Waals surface area contributed by atoms with E-state index in [2.05, 4.69) is 33.8 Å². The maximum absolute atomic E-state index is 11.7. The van der Waals surface area contributed by atoms with Gasteiger partial charge in [0.05, 0.1) is 11.5 Å². The summed E-state index contributed by atoms with van der Waals surface area (Å²) in [5, 5.41) is 0. The zero-order valence-electron chi connectivity index (χ0n) is 11.9. The molecule has 0 aliphatic carbocycles. The molecule has 0 radical (unpaired) electrons. The number of sulfone groups is 1. The first kappa shape index (κ1) is 16.0. The number of halogens is 1. The van der Waals surface area contributed by atoms with E-state index < -0.39 is 9.84 Å². The molecular formula is C15H22BrNO2S.